The molecule has 2 amide bonds. The average molecular weight is 383 g/mol. The number of anilines is 1. The van der Waals surface area contributed by atoms with Gasteiger partial charge in [0.25, 0.3) is 0 Å². The molecule has 1 aromatic heterocycles. The van der Waals surface area contributed by atoms with Crippen molar-refractivity contribution in [3.63, 3.8) is 0 Å². The van der Waals surface area contributed by atoms with Crippen molar-refractivity contribution in [2.45, 2.75) is 13.0 Å². The molecule has 144 valence electrons. The van der Waals surface area contributed by atoms with Crippen molar-refractivity contribution in [2.75, 3.05) is 5.32 Å². The Labute approximate surface area is 168 Å². The highest BCUT2D eigenvalue weighted by Crippen LogP contribution is 2.34. The maximum Gasteiger partial charge on any atom is 0.313 e. The molecule has 1 heterocycles. The van der Waals surface area contributed by atoms with Crippen molar-refractivity contribution >= 4 is 28.4 Å². The largest absolute Gasteiger partial charge is 0.353 e. The third-order valence-electron chi connectivity index (χ3n) is 4.86. The van der Waals surface area contributed by atoms with Gasteiger partial charge in [0.2, 0.25) is 0 Å². The number of amides is 2. The summed E-state index contributed by atoms with van der Waals surface area (Å²) < 4.78 is 0. The second-order valence-corrected chi connectivity index (χ2v) is 6.85. The zero-order chi connectivity index (χ0) is 20.2. The number of aromatic nitrogens is 1. The maximum atomic E-state index is 12.7. The molecule has 0 aliphatic heterocycles. The minimum Gasteiger partial charge on any atom is -0.353 e. The summed E-state index contributed by atoms with van der Waals surface area (Å²) in [5.74, 6) is -1.37. The lowest BCUT2D eigenvalue weighted by Gasteiger charge is -2.14. The molecule has 1 unspecified atom stereocenters. The molecule has 0 radical (unpaired) electrons. The Hall–Kier alpha value is -3.86. The molecule has 0 fully saturated rings. The predicted molar refractivity (Wildman–Crippen MR) is 115 cm³/mol. The summed E-state index contributed by atoms with van der Waals surface area (Å²) in [4.78, 5) is 28.5. The fraction of sp³-hybridized carbons (Fsp3) is 0.0833. The number of H-pyrrole nitrogens is 1. The van der Waals surface area contributed by atoms with Crippen LogP contribution in [0.1, 0.15) is 18.5 Å². The molecular weight excluding hydrogens is 362 g/mol. The van der Waals surface area contributed by atoms with Crippen LogP contribution in [0.15, 0.2) is 84.9 Å². The van der Waals surface area contributed by atoms with Gasteiger partial charge in [0.15, 0.2) is 0 Å². The van der Waals surface area contributed by atoms with E-state index in [1.165, 1.54) is 0 Å². The highest BCUT2D eigenvalue weighted by atomic mass is 16.2. The van der Waals surface area contributed by atoms with Gasteiger partial charge in [-0.05, 0) is 18.6 Å². The van der Waals surface area contributed by atoms with Gasteiger partial charge in [-0.1, -0.05) is 78.9 Å². The Balaban J connectivity index is 1.60. The first-order valence-corrected chi connectivity index (χ1v) is 9.46. The van der Waals surface area contributed by atoms with Gasteiger partial charge in [-0.25, -0.2) is 0 Å². The summed E-state index contributed by atoms with van der Waals surface area (Å²) in [7, 11) is 0. The lowest BCUT2D eigenvalue weighted by atomic mass is 10.1. The van der Waals surface area contributed by atoms with Gasteiger partial charge >= 0.3 is 11.8 Å². The SMILES string of the molecule is CC(NC(=O)C(=O)Nc1c(-c2ccccc2)[nH]c2ccccc12)c1ccccc1. The third-order valence-corrected chi connectivity index (χ3v) is 4.86. The number of benzene rings is 3. The van der Waals surface area contributed by atoms with E-state index >= 15 is 0 Å². The summed E-state index contributed by atoms with van der Waals surface area (Å²) in [6.45, 7) is 1.85. The van der Waals surface area contributed by atoms with E-state index in [4.69, 9.17) is 0 Å². The number of nitrogens with one attached hydrogen (secondary N) is 3. The molecule has 0 aliphatic rings. The summed E-state index contributed by atoms with van der Waals surface area (Å²) in [5.41, 5.74) is 4.12. The first-order valence-electron chi connectivity index (χ1n) is 9.46. The summed E-state index contributed by atoms with van der Waals surface area (Å²) >= 11 is 0. The molecule has 3 aromatic carbocycles. The van der Waals surface area contributed by atoms with E-state index in [-0.39, 0.29) is 6.04 Å². The number of hydrogen-bond donors (Lipinski definition) is 3. The number of carbonyl (C=O) groups is 2. The Kier molecular flexibility index (Phi) is 5.12. The molecule has 0 saturated carbocycles. The van der Waals surface area contributed by atoms with Crippen molar-refractivity contribution in [1.82, 2.24) is 10.3 Å². The molecule has 0 spiro atoms. The van der Waals surface area contributed by atoms with Crippen LogP contribution in [0.3, 0.4) is 0 Å². The van der Waals surface area contributed by atoms with Gasteiger partial charge in [0.05, 0.1) is 17.4 Å². The van der Waals surface area contributed by atoms with Crippen LogP contribution in [0.4, 0.5) is 5.69 Å². The first kappa shape index (κ1) is 18.5. The Morgan fingerprint density at radius 2 is 1.41 bits per heavy atom. The number of aromatic amines is 1. The summed E-state index contributed by atoms with van der Waals surface area (Å²) in [5, 5.41) is 6.41. The van der Waals surface area contributed by atoms with Crippen LogP contribution in [-0.4, -0.2) is 16.8 Å². The van der Waals surface area contributed by atoms with Gasteiger partial charge in [-0.2, -0.15) is 0 Å². The van der Waals surface area contributed by atoms with Gasteiger partial charge < -0.3 is 15.6 Å². The lowest BCUT2D eigenvalue weighted by Crippen LogP contribution is -2.36. The van der Waals surface area contributed by atoms with Crippen LogP contribution < -0.4 is 10.6 Å². The Morgan fingerprint density at radius 1 is 0.793 bits per heavy atom. The molecule has 4 rings (SSSR count). The zero-order valence-electron chi connectivity index (χ0n) is 16.0. The highest BCUT2D eigenvalue weighted by Gasteiger charge is 2.21. The number of rotatable bonds is 4. The molecule has 0 aliphatic carbocycles. The molecule has 5 nitrogen and oxygen atoms in total. The van der Waals surface area contributed by atoms with Crippen molar-refractivity contribution in [1.29, 1.82) is 0 Å². The van der Waals surface area contributed by atoms with Crippen molar-refractivity contribution in [3.8, 4) is 11.3 Å². The van der Waals surface area contributed by atoms with E-state index in [0.717, 1.165) is 27.7 Å². The van der Waals surface area contributed by atoms with E-state index in [9.17, 15) is 9.59 Å². The molecule has 0 saturated heterocycles. The average Bonchev–Trinajstić information content (AvgIpc) is 3.13. The van der Waals surface area contributed by atoms with Gasteiger partial charge in [0.1, 0.15) is 0 Å². The second kappa shape index (κ2) is 8.02. The lowest BCUT2D eigenvalue weighted by molar-refractivity contribution is -0.136. The fourth-order valence-corrected chi connectivity index (χ4v) is 3.35. The van der Waals surface area contributed by atoms with Gasteiger partial charge in [0, 0.05) is 16.5 Å². The quantitative estimate of drug-likeness (QED) is 0.449. The number of para-hydroxylation sites is 1. The predicted octanol–water partition coefficient (Wildman–Crippen LogP) is 4.65. The van der Waals surface area contributed by atoms with Crippen LogP contribution in [0.2, 0.25) is 0 Å². The molecule has 0 bridgehead atoms. The molecular formula is C24H21N3O2. The second-order valence-electron chi connectivity index (χ2n) is 6.85. The van der Waals surface area contributed by atoms with Crippen LogP contribution in [0, 0.1) is 0 Å². The zero-order valence-corrected chi connectivity index (χ0v) is 16.0. The number of carbonyl (C=O) groups excluding carboxylic acids is 2. The fourth-order valence-electron chi connectivity index (χ4n) is 3.35. The smallest absolute Gasteiger partial charge is 0.313 e. The first-order chi connectivity index (χ1) is 14.1. The molecule has 29 heavy (non-hydrogen) atoms. The maximum absolute atomic E-state index is 12.7. The normalized spacial score (nSPS) is 11.8. The van der Waals surface area contributed by atoms with Gasteiger partial charge in [-0.3, -0.25) is 9.59 Å². The van der Waals surface area contributed by atoms with Crippen LogP contribution in [0.5, 0.6) is 0 Å². The summed E-state index contributed by atoms with van der Waals surface area (Å²) in [6.07, 6.45) is 0. The van der Waals surface area contributed by atoms with Crippen molar-refractivity contribution in [3.05, 3.63) is 90.5 Å². The standard InChI is InChI=1S/C24H21N3O2/c1-16(17-10-4-2-5-11-17)25-23(28)24(29)27-22-19-14-8-9-15-20(19)26-21(22)18-12-6-3-7-13-18/h2-16,26H,1H3,(H,25,28)(H,27,29). The van der Waals surface area contributed by atoms with Crippen LogP contribution in [-0.2, 0) is 9.59 Å². The minimum atomic E-state index is -0.699. The van der Waals surface area contributed by atoms with Crippen molar-refractivity contribution < 1.29 is 9.59 Å². The molecule has 5 heteroatoms. The third kappa shape index (κ3) is 3.89. The molecule has 4 aromatic rings. The Bertz CT molecular complexity index is 1150. The summed E-state index contributed by atoms with van der Waals surface area (Å²) in [6, 6.07) is 26.6. The van der Waals surface area contributed by atoms with Gasteiger partial charge in [-0.15, -0.1) is 0 Å². The van der Waals surface area contributed by atoms with E-state index in [1.807, 2.05) is 91.9 Å². The van der Waals surface area contributed by atoms with E-state index in [0.29, 0.717) is 5.69 Å². The van der Waals surface area contributed by atoms with E-state index in [2.05, 4.69) is 15.6 Å². The van der Waals surface area contributed by atoms with Crippen LogP contribution >= 0.6 is 0 Å². The molecule has 3 N–H and O–H groups in total. The number of fused-ring (bicyclic) bond motifs is 1. The minimum absolute atomic E-state index is 0.272. The monoisotopic (exact) mass is 383 g/mol. The highest BCUT2D eigenvalue weighted by molar-refractivity contribution is 6.40. The van der Waals surface area contributed by atoms with Crippen molar-refractivity contribution in [2.24, 2.45) is 0 Å². The van der Waals surface area contributed by atoms with E-state index in [1.54, 1.807) is 0 Å². The number of hydrogen-bond acceptors (Lipinski definition) is 2. The van der Waals surface area contributed by atoms with E-state index < -0.39 is 11.8 Å². The van der Waals surface area contributed by atoms with Crippen LogP contribution in [0.25, 0.3) is 22.2 Å². The Morgan fingerprint density at radius 3 is 2.14 bits per heavy atom. The molecule has 1 atom stereocenters. The topological polar surface area (TPSA) is 74.0 Å².